The molecule has 0 aromatic rings. The molecule has 0 radical (unpaired) electrons. The second-order valence-electron chi connectivity index (χ2n) is 9.93. The zero-order valence-corrected chi connectivity index (χ0v) is 23.4. The fourth-order valence-electron chi connectivity index (χ4n) is 4.40. The van der Waals surface area contributed by atoms with E-state index in [9.17, 15) is 0 Å². The highest BCUT2D eigenvalue weighted by atomic mass is 16.9. The van der Waals surface area contributed by atoms with E-state index >= 15 is 0 Å². The molecule has 0 spiro atoms. The van der Waals surface area contributed by atoms with Crippen LogP contribution in [0.2, 0.25) is 0 Å². The summed E-state index contributed by atoms with van der Waals surface area (Å²) in [5.41, 5.74) is 0. The second-order valence-corrected chi connectivity index (χ2v) is 9.93. The smallest absolute Gasteiger partial charge is 0.282 e. The minimum Gasteiger partial charge on any atom is -0.328 e. The summed E-state index contributed by atoms with van der Waals surface area (Å²) in [6, 6.07) is 0. The molecule has 200 valence electrons. The third-order valence-electron chi connectivity index (χ3n) is 6.59. The Morgan fingerprint density at radius 3 is 1.15 bits per heavy atom. The Balaban J connectivity index is 4.04. The maximum Gasteiger partial charge on any atom is 0.282 e. The minimum absolute atomic E-state index is 0.640. The molecule has 0 bridgehead atoms. The molecule has 0 aromatic carbocycles. The molecule has 1 atom stereocenters. The molecule has 0 aromatic heterocycles. The number of hydrogen-bond acceptors (Lipinski definition) is 3. The van der Waals surface area contributed by atoms with Crippen LogP contribution in [0.15, 0.2) is 0 Å². The summed E-state index contributed by atoms with van der Waals surface area (Å²) in [6.07, 6.45) is 28.5. The van der Waals surface area contributed by atoms with Crippen molar-refractivity contribution < 1.29 is 14.2 Å². The normalized spacial score (nSPS) is 13.5. The number of ether oxygens (including phenoxy) is 3. The van der Waals surface area contributed by atoms with Crippen molar-refractivity contribution >= 4 is 0 Å². The van der Waals surface area contributed by atoms with E-state index in [0.29, 0.717) is 6.61 Å². The Bertz CT molecular complexity index is 360. The van der Waals surface area contributed by atoms with E-state index in [1.165, 1.54) is 109 Å². The maximum atomic E-state index is 6.29. The first-order chi connectivity index (χ1) is 16.2. The highest BCUT2D eigenvalue weighted by Crippen LogP contribution is 2.25. The third-order valence-corrected chi connectivity index (χ3v) is 6.59. The summed E-state index contributed by atoms with van der Waals surface area (Å²) in [6.45, 7) is 10.9. The summed E-state index contributed by atoms with van der Waals surface area (Å²) < 4.78 is 18.6. The second kappa shape index (κ2) is 26.5. The Labute approximate surface area is 209 Å². The Morgan fingerprint density at radius 1 is 0.364 bits per heavy atom. The van der Waals surface area contributed by atoms with Gasteiger partial charge in [0.15, 0.2) is 0 Å². The predicted molar refractivity (Wildman–Crippen MR) is 145 cm³/mol. The van der Waals surface area contributed by atoms with Crippen LogP contribution in [-0.2, 0) is 14.2 Å². The molecule has 0 heterocycles. The van der Waals surface area contributed by atoms with Gasteiger partial charge < -0.3 is 14.2 Å². The van der Waals surface area contributed by atoms with E-state index in [1.807, 2.05) is 0 Å². The van der Waals surface area contributed by atoms with Gasteiger partial charge in [-0.2, -0.15) is 0 Å². The van der Waals surface area contributed by atoms with Crippen molar-refractivity contribution in [2.45, 2.75) is 175 Å². The summed E-state index contributed by atoms with van der Waals surface area (Å²) in [7, 11) is 0. The van der Waals surface area contributed by atoms with Gasteiger partial charge in [0.25, 0.3) is 5.97 Å². The molecule has 0 fully saturated rings. The molecule has 0 aliphatic rings. The average molecular weight is 471 g/mol. The molecule has 0 aliphatic carbocycles. The summed E-state index contributed by atoms with van der Waals surface area (Å²) in [5, 5.41) is 0. The number of hydrogen-bond donors (Lipinski definition) is 0. The van der Waals surface area contributed by atoms with Gasteiger partial charge in [-0.3, -0.25) is 0 Å². The van der Waals surface area contributed by atoms with E-state index in [-0.39, 0.29) is 0 Å². The Hall–Kier alpha value is -0.120. The standard InChI is InChI=1S/C30H62O3/c1-5-9-12-14-16-17-18-19-20-21-22-23-25-27-30(31-8-4,32-28-11-7-3)33-29-26-24-15-13-10-6-2/h5-29H2,1-4H3. The van der Waals surface area contributed by atoms with E-state index in [4.69, 9.17) is 14.2 Å². The topological polar surface area (TPSA) is 27.7 Å². The molecule has 3 heteroatoms. The summed E-state index contributed by atoms with van der Waals surface area (Å²) in [4.78, 5) is 0. The van der Waals surface area contributed by atoms with Gasteiger partial charge in [-0.25, -0.2) is 0 Å². The van der Waals surface area contributed by atoms with Gasteiger partial charge in [0.2, 0.25) is 0 Å². The van der Waals surface area contributed by atoms with Crippen molar-refractivity contribution in [1.82, 2.24) is 0 Å². The zero-order chi connectivity index (χ0) is 24.3. The van der Waals surface area contributed by atoms with Crippen LogP contribution in [0.4, 0.5) is 0 Å². The molecule has 0 N–H and O–H groups in total. The average Bonchev–Trinajstić information content (AvgIpc) is 2.82. The first kappa shape index (κ1) is 32.9. The Kier molecular flexibility index (Phi) is 26.4. The third kappa shape index (κ3) is 22.1. The van der Waals surface area contributed by atoms with E-state index in [0.717, 1.165) is 45.3 Å². The molecular formula is C30H62O3. The first-order valence-electron chi connectivity index (χ1n) is 15.2. The largest absolute Gasteiger partial charge is 0.328 e. The lowest BCUT2D eigenvalue weighted by molar-refractivity contribution is -0.383. The molecule has 0 saturated heterocycles. The van der Waals surface area contributed by atoms with Crippen molar-refractivity contribution in [1.29, 1.82) is 0 Å². The molecule has 0 aliphatic heterocycles. The van der Waals surface area contributed by atoms with Gasteiger partial charge in [-0.05, 0) is 26.2 Å². The molecule has 1 unspecified atom stereocenters. The van der Waals surface area contributed by atoms with Crippen LogP contribution in [0, 0.1) is 0 Å². The maximum absolute atomic E-state index is 6.29. The zero-order valence-electron chi connectivity index (χ0n) is 23.4. The van der Waals surface area contributed by atoms with E-state index in [2.05, 4.69) is 27.7 Å². The SMILES string of the molecule is CCCCCCCCCCCCCCCC(OCC)(OCCCC)OCCCCCCCC. The lowest BCUT2D eigenvalue weighted by Gasteiger charge is -2.33. The van der Waals surface area contributed by atoms with Gasteiger partial charge in [0.05, 0.1) is 13.2 Å². The molecule has 33 heavy (non-hydrogen) atoms. The van der Waals surface area contributed by atoms with Crippen molar-refractivity contribution in [3.05, 3.63) is 0 Å². The highest BCUT2D eigenvalue weighted by Gasteiger charge is 2.32. The van der Waals surface area contributed by atoms with Crippen LogP contribution < -0.4 is 0 Å². The Morgan fingerprint density at radius 2 is 0.727 bits per heavy atom. The van der Waals surface area contributed by atoms with Crippen LogP contribution in [0.3, 0.4) is 0 Å². The molecule has 3 nitrogen and oxygen atoms in total. The van der Waals surface area contributed by atoms with Gasteiger partial charge in [-0.1, -0.05) is 136 Å². The number of rotatable bonds is 28. The molecule has 0 rings (SSSR count). The minimum atomic E-state index is -0.814. The quantitative estimate of drug-likeness (QED) is 0.0840. The van der Waals surface area contributed by atoms with Gasteiger partial charge in [0.1, 0.15) is 0 Å². The van der Waals surface area contributed by atoms with Gasteiger partial charge in [-0.15, -0.1) is 0 Å². The van der Waals surface area contributed by atoms with E-state index < -0.39 is 5.97 Å². The van der Waals surface area contributed by atoms with Crippen LogP contribution in [0.1, 0.15) is 169 Å². The van der Waals surface area contributed by atoms with Gasteiger partial charge in [0, 0.05) is 13.0 Å². The fraction of sp³-hybridized carbons (Fsp3) is 1.00. The highest BCUT2D eigenvalue weighted by molar-refractivity contribution is 4.61. The predicted octanol–water partition coefficient (Wildman–Crippen LogP) is 10.4. The van der Waals surface area contributed by atoms with Gasteiger partial charge >= 0.3 is 0 Å². The van der Waals surface area contributed by atoms with Crippen molar-refractivity contribution in [3.63, 3.8) is 0 Å². The molecule has 0 amide bonds. The van der Waals surface area contributed by atoms with Crippen LogP contribution >= 0.6 is 0 Å². The fourth-order valence-corrected chi connectivity index (χ4v) is 4.40. The first-order valence-corrected chi connectivity index (χ1v) is 15.2. The van der Waals surface area contributed by atoms with Crippen molar-refractivity contribution in [2.24, 2.45) is 0 Å². The molecule has 0 saturated carbocycles. The van der Waals surface area contributed by atoms with Crippen LogP contribution in [0.25, 0.3) is 0 Å². The lowest BCUT2D eigenvalue weighted by Crippen LogP contribution is -2.40. The lowest BCUT2D eigenvalue weighted by atomic mass is 10.0. The summed E-state index contributed by atoms with van der Waals surface area (Å²) >= 11 is 0. The van der Waals surface area contributed by atoms with Crippen LogP contribution in [0.5, 0.6) is 0 Å². The summed E-state index contributed by atoms with van der Waals surface area (Å²) in [5.74, 6) is -0.814. The monoisotopic (exact) mass is 470 g/mol. The van der Waals surface area contributed by atoms with E-state index in [1.54, 1.807) is 0 Å². The number of unbranched alkanes of at least 4 members (excludes halogenated alkanes) is 18. The van der Waals surface area contributed by atoms with Crippen molar-refractivity contribution in [3.8, 4) is 0 Å². The van der Waals surface area contributed by atoms with Crippen LogP contribution in [-0.4, -0.2) is 25.8 Å². The molecular weight excluding hydrogens is 408 g/mol. The van der Waals surface area contributed by atoms with Crippen molar-refractivity contribution in [2.75, 3.05) is 19.8 Å².